The number of carbonyl (C=O) groups is 2. The lowest BCUT2D eigenvalue weighted by atomic mass is 9.97. The van der Waals surface area contributed by atoms with Crippen LogP contribution in [0.4, 0.5) is 11.4 Å². The third kappa shape index (κ3) is 4.60. The standard InChI is InChI=1S/C24H29N3O5S/c1-4-17-7-5-6-8-19(17)25-24(29)18-9-11-27(12-10-18)33(30,31)22-14-21-20(13-15(22)2)26-23(28)16(3)32-21/h5-8,13-14,16,18H,4,9-12H2,1-3H3,(H,25,29)(H,26,28)/t16-/m1/s1. The number of benzene rings is 2. The number of piperidine rings is 1. The van der Waals surface area contributed by atoms with Crippen LogP contribution in [0.1, 0.15) is 37.8 Å². The number of aryl methyl sites for hydroxylation is 2. The summed E-state index contributed by atoms with van der Waals surface area (Å²) in [7, 11) is -3.77. The highest BCUT2D eigenvalue weighted by Crippen LogP contribution is 2.36. The summed E-state index contributed by atoms with van der Waals surface area (Å²) in [4.78, 5) is 24.8. The van der Waals surface area contributed by atoms with Crippen molar-refractivity contribution in [2.45, 2.75) is 51.0 Å². The average molecular weight is 472 g/mol. The summed E-state index contributed by atoms with van der Waals surface area (Å²) >= 11 is 0. The molecule has 0 bridgehead atoms. The Labute approximate surface area is 194 Å². The summed E-state index contributed by atoms with van der Waals surface area (Å²) in [6.45, 7) is 5.88. The van der Waals surface area contributed by atoms with Crippen molar-refractivity contribution in [1.29, 1.82) is 0 Å². The van der Waals surface area contributed by atoms with Crippen LogP contribution in [0.3, 0.4) is 0 Å². The van der Waals surface area contributed by atoms with Gasteiger partial charge in [-0.05, 0) is 56.4 Å². The molecule has 8 nitrogen and oxygen atoms in total. The molecule has 4 rings (SSSR count). The van der Waals surface area contributed by atoms with Gasteiger partial charge in [-0.2, -0.15) is 4.31 Å². The zero-order chi connectivity index (χ0) is 23.8. The van der Waals surface area contributed by atoms with Crippen molar-refractivity contribution in [3.63, 3.8) is 0 Å². The van der Waals surface area contributed by atoms with Crippen LogP contribution in [0, 0.1) is 12.8 Å². The normalized spacial score (nSPS) is 19.4. The molecule has 2 N–H and O–H groups in total. The van der Waals surface area contributed by atoms with Gasteiger partial charge in [0.15, 0.2) is 6.10 Å². The molecule has 0 aliphatic carbocycles. The van der Waals surface area contributed by atoms with Crippen LogP contribution in [0.5, 0.6) is 5.75 Å². The van der Waals surface area contributed by atoms with Crippen LogP contribution in [-0.4, -0.2) is 43.7 Å². The Morgan fingerprint density at radius 1 is 1.21 bits per heavy atom. The van der Waals surface area contributed by atoms with Crippen molar-refractivity contribution in [3.8, 4) is 5.75 Å². The summed E-state index contributed by atoms with van der Waals surface area (Å²) in [6, 6.07) is 10.8. The fraction of sp³-hybridized carbons (Fsp3) is 0.417. The Morgan fingerprint density at radius 3 is 2.61 bits per heavy atom. The molecule has 2 aliphatic heterocycles. The van der Waals surface area contributed by atoms with Gasteiger partial charge in [-0.25, -0.2) is 8.42 Å². The van der Waals surface area contributed by atoms with Crippen molar-refractivity contribution in [2.75, 3.05) is 23.7 Å². The predicted molar refractivity (Wildman–Crippen MR) is 126 cm³/mol. The molecule has 0 radical (unpaired) electrons. The first-order chi connectivity index (χ1) is 15.7. The molecule has 2 amide bonds. The van der Waals surface area contributed by atoms with E-state index in [1.807, 2.05) is 31.2 Å². The molecule has 2 aromatic rings. The van der Waals surface area contributed by atoms with E-state index in [0.29, 0.717) is 29.8 Å². The van der Waals surface area contributed by atoms with E-state index in [4.69, 9.17) is 4.74 Å². The molecule has 33 heavy (non-hydrogen) atoms. The molecule has 1 saturated heterocycles. The number of rotatable bonds is 5. The fourth-order valence-corrected chi connectivity index (χ4v) is 6.00. The lowest BCUT2D eigenvalue weighted by Crippen LogP contribution is -2.41. The number of ether oxygens (including phenoxy) is 1. The second kappa shape index (κ2) is 9.15. The van der Waals surface area contributed by atoms with E-state index in [9.17, 15) is 18.0 Å². The first-order valence-electron chi connectivity index (χ1n) is 11.2. The maximum Gasteiger partial charge on any atom is 0.265 e. The third-order valence-electron chi connectivity index (χ3n) is 6.31. The number of para-hydroxylation sites is 1. The molecule has 176 valence electrons. The minimum atomic E-state index is -3.77. The highest BCUT2D eigenvalue weighted by molar-refractivity contribution is 7.89. The first kappa shape index (κ1) is 23.3. The van der Waals surface area contributed by atoms with Crippen molar-refractivity contribution < 1.29 is 22.7 Å². The Kier molecular flexibility index (Phi) is 6.45. The monoisotopic (exact) mass is 471 g/mol. The van der Waals surface area contributed by atoms with Crippen molar-refractivity contribution in [3.05, 3.63) is 47.5 Å². The number of hydrogen-bond acceptors (Lipinski definition) is 5. The Morgan fingerprint density at radius 2 is 1.91 bits per heavy atom. The molecule has 0 aromatic heterocycles. The van der Waals surface area contributed by atoms with Gasteiger partial charge in [-0.15, -0.1) is 0 Å². The van der Waals surface area contributed by atoms with Gasteiger partial charge in [-0.3, -0.25) is 9.59 Å². The van der Waals surface area contributed by atoms with Crippen molar-refractivity contribution in [2.24, 2.45) is 5.92 Å². The summed E-state index contributed by atoms with van der Waals surface area (Å²) in [6.07, 6.45) is 1.03. The van der Waals surface area contributed by atoms with Gasteiger partial charge in [0.05, 0.1) is 10.6 Å². The van der Waals surface area contributed by atoms with E-state index in [1.165, 1.54) is 10.4 Å². The molecule has 1 atom stereocenters. The van der Waals surface area contributed by atoms with E-state index in [1.54, 1.807) is 19.9 Å². The summed E-state index contributed by atoms with van der Waals surface area (Å²) in [5.41, 5.74) is 2.88. The number of nitrogens with one attached hydrogen (secondary N) is 2. The molecule has 2 aromatic carbocycles. The number of anilines is 2. The van der Waals surface area contributed by atoms with Gasteiger partial charge in [0.2, 0.25) is 15.9 Å². The second-order valence-electron chi connectivity index (χ2n) is 8.54. The van der Waals surface area contributed by atoms with Gasteiger partial charge in [-0.1, -0.05) is 25.1 Å². The number of fused-ring (bicyclic) bond motifs is 1. The number of sulfonamides is 1. The number of carbonyl (C=O) groups excluding carboxylic acids is 2. The molecule has 2 aliphatic rings. The summed E-state index contributed by atoms with van der Waals surface area (Å²) in [5, 5.41) is 5.75. The SMILES string of the molecule is CCc1ccccc1NC(=O)C1CCN(S(=O)(=O)c2cc3c(cc2C)NC(=O)[C@@H](C)O3)CC1. The van der Waals surface area contributed by atoms with Crippen LogP contribution < -0.4 is 15.4 Å². The number of nitrogens with zero attached hydrogens (tertiary/aromatic N) is 1. The summed E-state index contributed by atoms with van der Waals surface area (Å²) in [5.74, 6) is -0.240. The fourth-order valence-electron chi connectivity index (χ4n) is 4.30. The topological polar surface area (TPSA) is 105 Å². The van der Waals surface area contributed by atoms with Crippen LogP contribution >= 0.6 is 0 Å². The van der Waals surface area contributed by atoms with E-state index in [-0.39, 0.29) is 35.7 Å². The Hall–Kier alpha value is -2.91. The largest absolute Gasteiger partial charge is 0.479 e. The maximum atomic E-state index is 13.4. The zero-order valence-corrected chi connectivity index (χ0v) is 19.9. The van der Waals surface area contributed by atoms with E-state index in [0.717, 1.165) is 17.7 Å². The average Bonchev–Trinajstić information content (AvgIpc) is 2.80. The van der Waals surface area contributed by atoms with E-state index in [2.05, 4.69) is 10.6 Å². The van der Waals surface area contributed by atoms with Crippen LogP contribution in [0.25, 0.3) is 0 Å². The molecule has 0 spiro atoms. The van der Waals surface area contributed by atoms with Gasteiger partial charge < -0.3 is 15.4 Å². The molecular weight excluding hydrogens is 442 g/mol. The number of hydrogen-bond donors (Lipinski definition) is 2. The lowest BCUT2D eigenvalue weighted by molar-refractivity contribution is -0.123. The second-order valence-corrected chi connectivity index (χ2v) is 10.4. The van der Waals surface area contributed by atoms with Crippen molar-refractivity contribution >= 4 is 33.2 Å². The van der Waals surface area contributed by atoms with Crippen LogP contribution in [0.15, 0.2) is 41.3 Å². The van der Waals surface area contributed by atoms with Crippen molar-refractivity contribution in [1.82, 2.24) is 4.31 Å². The van der Waals surface area contributed by atoms with Gasteiger partial charge in [0.1, 0.15) is 5.75 Å². The van der Waals surface area contributed by atoms with Gasteiger partial charge in [0.25, 0.3) is 5.91 Å². The smallest absolute Gasteiger partial charge is 0.265 e. The zero-order valence-electron chi connectivity index (χ0n) is 19.1. The minimum absolute atomic E-state index is 0.0731. The number of amides is 2. The first-order valence-corrected chi connectivity index (χ1v) is 12.7. The molecule has 0 unspecified atom stereocenters. The highest BCUT2D eigenvalue weighted by Gasteiger charge is 2.34. The van der Waals surface area contributed by atoms with Crippen LogP contribution in [-0.2, 0) is 26.0 Å². The molecular formula is C24H29N3O5S. The molecule has 2 heterocycles. The molecule has 9 heteroatoms. The molecule has 0 saturated carbocycles. The highest BCUT2D eigenvalue weighted by atomic mass is 32.2. The van der Waals surface area contributed by atoms with E-state index >= 15 is 0 Å². The minimum Gasteiger partial charge on any atom is -0.479 e. The Balaban J connectivity index is 1.46. The van der Waals surface area contributed by atoms with Gasteiger partial charge >= 0.3 is 0 Å². The maximum absolute atomic E-state index is 13.4. The molecule has 1 fully saturated rings. The van der Waals surface area contributed by atoms with Crippen LogP contribution in [0.2, 0.25) is 0 Å². The quantitative estimate of drug-likeness (QED) is 0.696. The van der Waals surface area contributed by atoms with Gasteiger partial charge in [0, 0.05) is 30.8 Å². The lowest BCUT2D eigenvalue weighted by Gasteiger charge is -2.31. The van der Waals surface area contributed by atoms with E-state index < -0.39 is 16.1 Å². The Bertz CT molecular complexity index is 1190. The predicted octanol–water partition coefficient (Wildman–Crippen LogP) is 3.32. The third-order valence-corrected chi connectivity index (χ3v) is 8.35. The summed E-state index contributed by atoms with van der Waals surface area (Å²) < 4.78 is 33.8.